The number of hydrogen-bond donors (Lipinski definition) is 2. The van der Waals surface area contributed by atoms with Crippen LogP contribution in [0.25, 0.3) is 0 Å². The third-order valence-electron chi connectivity index (χ3n) is 9.52. The molecule has 0 saturated heterocycles. The second-order valence-electron chi connectivity index (χ2n) is 13.3. The lowest BCUT2D eigenvalue weighted by molar-refractivity contribution is -0.136. The normalized spacial score (nSPS) is 11.6. The molecule has 0 unspecified atom stereocenters. The average Bonchev–Trinajstić information content (AvgIpc) is 3.24. The Bertz CT molecular complexity index is 1880. The second kappa shape index (κ2) is 20.8. The largest absolute Gasteiger partial charge is 0.496 e. The summed E-state index contributed by atoms with van der Waals surface area (Å²) in [7, 11) is 4.74. The number of nitrogens with zero attached hydrogens (tertiary/aromatic N) is 1. The minimum Gasteiger partial charge on any atom is -0.496 e. The molecule has 10 heteroatoms. The van der Waals surface area contributed by atoms with Gasteiger partial charge in [0.2, 0.25) is 17.7 Å². The molecule has 0 heterocycles. The monoisotopic (exact) mass is 773 g/mol. The molecular weight excluding hydrogens is 723 g/mol. The van der Waals surface area contributed by atoms with Gasteiger partial charge in [0.15, 0.2) is 0 Å². The van der Waals surface area contributed by atoms with Crippen LogP contribution in [0.2, 0.25) is 0 Å². The zero-order chi connectivity index (χ0) is 39.8. The number of carbonyl (C=O) groups is 3. The first-order valence-electron chi connectivity index (χ1n) is 18.8. The minimum absolute atomic E-state index is 0.0552. The maximum Gasteiger partial charge on any atom is 0.245 e. The van der Waals surface area contributed by atoms with Gasteiger partial charge < -0.3 is 29.7 Å². The van der Waals surface area contributed by atoms with Crippen LogP contribution < -0.4 is 24.8 Å². The molecule has 5 aromatic rings. The molecule has 0 aliphatic carbocycles. The Morgan fingerprint density at radius 2 is 1.25 bits per heavy atom. The summed E-state index contributed by atoms with van der Waals surface area (Å²) in [5.41, 5.74) is 4.95. The van der Waals surface area contributed by atoms with Crippen molar-refractivity contribution in [1.29, 1.82) is 0 Å². The van der Waals surface area contributed by atoms with Crippen molar-refractivity contribution in [2.24, 2.45) is 0 Å². The Hall–Kier alpha value is -5.74. The summed E-state index contributed by atoms with van der Waals surface area (Å²) in [6.07, 6.45) is 1.20. The van der Waals surface area contributed by atoms with Gasteiger partial charge in [-0.2, -0.15) is 0 Å². The van der Waals surface area contributed by atoms with Crippen LogP contribution in [-0.4, -0.2) is 68.8 Å². The summed E-state index contributed by atoms with van der Waals surface area (Å²) in [6, 6.07) is 43.7. The van der Waals surface area contributed by atoms with Crippen LogP contribution in [0.1, 0.15) is 47.6 Å². The number of thioether (sulfide) groups is 1. The van der Waals surface area contributed by atoms with E-state index < -0.39 is 10.8 Å². The Labute approximate surface area is 334 Å². The first kappa shape index (κ1) is 41.4. The van der Waals surface area contributed by atoms with Gasteiger partial charge in [-0.25, -0.2) is 0 Å². The van der Waals surface area contributed by atoms with Gasteiger partial charge in [-0.1, -0.05) is 121 Å². The number of carbonyl (C=O) groups excluding carboxylic acids is 3. The van der Waals surface area contributed by atoms with E-state index in [1.165, 1.54) is 6.92 Å². The molecule has 9 nitrogen and oxygen atoms in total. The molecule has 0 aromatic heterocycles. The first-order valence-corrected chi connectivity index (χ1v) is 19.8. The van der Waals surface area contributed by atoms with E-state index in [1.54, 1.807) is 50.1 Å². The number of amides is 3. The standard InChI is InChI=1S/C46H51N3O6S/c1-34(50)48-41(30-35-18-9-5-10-19-35)45(52)49(33-40-42(53-3)31-39(32-43(40)54-4)55-28-17-26-44(51)47-2)27-29-56-46(36-20-11-6-12-21-36,37-22-13-7-14-23-37)38-24-15-8-16-25-38/h5-16,18-25,31-32,41H,17,26-30,33H2,1-4H3,(H,47,51)(H,48,50)/t41-/m0/s1. The van der Waals surface area contributed by atoms with Crippen LogP contribution in [0.3, 0.4) is 0 Å². The molecule has 0 aliphatic heterocycles. The highest BCUT2D eigenvalue weighted by Gasteiger charge is 2.37. The lowest BCUT2D eigenvalue weighted by Gasteiger charge is -2.36. The van der Waals surface area contributed by atoms with Gasteiger partial charge in [0.05, 0.1) is 37.7 Å². The number of rotatable bonds is 20. The zero-order valence-corrected chi connectivity index (χ0v) is 33.4. The summed E-state index contributed by atoms with van der Waals surface area (Å²) in [6.45, 7) is 2.24. The zero-order valence-electron chi connectivity index (χ0n) is 32.5. The van der Waals surface area contributed by atoms with E-state index >= 15 is 0 Å². The molecule has 292 valence electrons. The molecule has 0 saturated carbocycles. The topological polar surface area (TPSA) is 106 Å². The van der Waals surface area contributed by atoms with Gasteiger partial charge in [-0.3, -0.25) is 14.4 Å². The number of nitrogens with one attached hydrogen (secondary N) is 2. The highest BCUT2D eigenvalue weighted by atomic mass is 32.2. The Kier molecular flexibility index (Phi) is 15.4. The predicted molar refractivity (Wildman–Crippen MR) is 223 cm³/mol. The lowest BCUT2D eigenvalue weighted by atomic mass is 9.84. The quantitative estimate of drug-likeness (QED) is 0.0627. The van der Waals surface area contributed by atoms with Gasteiger partial charge in [0.25, 0.3) is 0 Å². The number of methoxy groups -OCH3 is 2. The van der Waals surface area contributed by atoms with Crippen LogP contribution in [0.5, 0.6) is 17.2 Å². The summed E-state index contributed by atoms with van der Waals surface area (Å²) < 4.78 is 17.2. The van der Waals surface area contributed by atoms with Gasteiger partial charge in [-0.15, -0.1) is 11.8 Å². The van der Waals surface area contributed by atoms with Crippen LogP contribution in [0.15, 0.2) is 133 Å². The van der Waals surface area contributed by atoms with E-state index in [9.17, 15) is 14.4 Å². The predicted octanol–water partition coefficient (Wildman–Crippen LogP) is 7.41. The fourth-order valence-electron chi connectivity index (χ4n) is 6.80. The molecule has 0 spiro atoms. The highest BCUT2D eigenvalue weighted by molar-refractivity contribution is 8.00. The fourth-order valence-corrected chi connectivity index (χ4v) is 8.32. The average molecular weight is 774 g/mol. The molecule has 5 aromatic carbocycles. The van der Waals surface area contributed by atoms with Crippen molar-refractivity contribution >= 4 is 29.5 Å². The molecule has 3 amide bonds. The van der Waals surface area contributed by atoms with E-state index in [2.05, 4.69) is 83.4 Å². The highest BCUT2D eigenvalue weighted by Crippen LogP contribution is 2.48. The van der Waals surface area contributed by atoms with E-state index in [1.807, 2.05) is 48.5 Å². The van der Waals surface area contributed by atoms with E-state index in [4.69, 9.17) is 14.2 Å². The fraction of sp³-hybridized carbons (Fsp3) is 0.283. The Morgan fingerprint density at radius 3 is 1.71 bits per heavy atom. The maximum atomic E-state index is 14.8. The van der Waals surface area contributed by atoms with Crippen molar-refractivity contribution in [3.8, 4) is 17.2 Å². The summed E-state index contributed by atoms with van der Waals surface area (Å²) in [4.78, 5) is 40.9. The van der Waals surface area contributed by atoms with Crippen molar-refractivity contribution in [2.45, 2.75) is 43.5 Å². The molecule has 2 N–H and O–H groups in total. The number of ether oxygens (including phenoxy) is 3. The Balaban J connectivity index is 1.52. The van der Waals surface area contributed by atoms with E-state index in [-0.39, 0.29) is 24.3 Å². The lowest BCUT2D eigenvalue weighted by Crippen LogP contribution is -2.49. The van der Waals surface area contributed by atoms with Crippen molar-refractivity contribution in [2.75, 3.05) is 40.2 Å². The minimum atomic E-state index is -0.818. The third kappa shape index (κ3) is 10.7. The third-order valence-corrected chi connectivity index (χ3v) is 11.0. The van der Waals surface area contributed by atoms with Crippen LogP contribution in [0.4, 0.5) is 0 Å². The van der Waals surface area contributed by atoms with Crippen molar-refractivity contribution in [3.63, 3.8) is 0 Å². The number of benzene rings is 5. The van der Waals surface area contributed by atoms with Crippen LogP contribution >= 0.6 is 11.8 Å². The number of hydrogen-bond acceptors (Lipinski definition) is 7. The van der Waals surface area contributed by atoms with Gasteiger partial charge >= 0.3 is 0 Å². The van der Waals surface area contributed by atoms with Crippen molar-refractivity contribution in [1.82, 2.24) is 15.5 Å². The molecule has 1 atom stereocenters. The van der Waals surface area contributed by atoms with Gasteiger partial charge in [0, 0.05) is 51.2 Å². The summed E-state index contributed by atoms with van der Waals surface area (Å²) in [5.74, 6) is 1.46. The van der Waals surface area contributed by atoms with Crippen molar-refractivity contribution in [3.05, 3.63) is 161 Å². The van der Waals surface area contributed by atoms with Gasteiger partial charge in [-0.05, 0) is 28.7 Å². The van der Waals surface area contributed by atoms with Crippen LogP contribution in [0, 0.1) is 0 Å². The summed E-state index contributed by atoms with van der Waals surface area (Å²) in [5, 5.41) is 5.56. The summed E-state index contributed by atoms with van der Waals surface area (Å²) >= 11 is 1.76. The Morgan fingerprint density at radius 1 is 0.750 bits per heavy atom. The molecule has 5 rings (SSSR count). The van der Waals surface area contributed by atoms with E-state index in [0.29, 0.717) is 61.0 Å². The second-order valence-corrected chi connectivity index (χ2v) is 14.6. The molecule has 0 bridgehead atoms. The SMILES string of the molecule is CNC(=O)CCCOc1cc(OC)c(CN(CCSC(c2ccccc2)(c2ccccc2)c2ccccc2)C(=O)[C@H](Cc2ccccc2)NC(C)=O)c(OC)c1. The molecule has 56 heavy (non-hydrogen) atoms. The molecule has 0 fully saturated rings. The van der Waals surface area contributed by atoms with Crippen LogP contribution in [-0.2, 0) is 32.1 Å². The molecule has 0 radical (unpaired) electrons. The molecule has 0 aliphatic rings. The maximum absolute atomic E-state index is 14.8. The van der Waals surface area contributed by atoms with Gasteiger partial charge in [0.1, 0.15) is 23.3 Å². The molecular formula is C46H51N3O6S. The smallest absolute Gasteiger partial charge is 0.245 e. The van der Waals surface area contributed by atoms with E-state index in [0.717, 1.165) is 22.3 Å². The first-order chi connectivity index (χ1) is 27.3. The van der Waals surface area contributed by atoms with Crippen molar-refractivity contribution < 1.29 is 28.6 Å².